The lowest BCUT2D eigenvalue weighted by Gasteiger charge is -2.13. The Hall–Kier alpha value is -1.82. The molecule has 1 aromatic rings. The monoisotopic (exact) mass is 286 g/mol. The first-order chi connectivity index (χ1) is 9.20. The number of alkyl halides is 3. The second-order valence-corrected chi connectivity index (χ2v) is 4.70. The molecule has 0 saturated heterocycles. The molecule has 0 unspecified atom stereocenters. The number of hydrogen-bond acceptors (Lipinski definition) is 2. The molecule has 110 valence electrons. The van der Waals surface area contributed by atoms with E-state index >= 15 is 0 Å². The molecule has 0 aliphatic carbocycles. The van der Waals surface area contributed by atoms with E-state index in [0.29, 0.717) is 12.1 Å². The molecule has 0 atom stereocenters. The molecule has 0 fully saturated rings. The van der Waals surface area contributed by atoms with Crippen molar-refractivity contribution in [3.8, 4) is 0 Å². The fourth-order valence-electron chi connectivity index (χ4n) is 1.55. The molecule has 1 N–H and O–H groups in total. The Kier molecular flexibility index (Phi) is 5.33. The maximum absolute atomic E-state index is 12.9. The highest BCUT2D eigenvalue weighted by molar-refractivity contribution is 5.99. The van der Waals surface area contributed by atoms with Gasteiger partial charge in [-0.25, -0.2) is 0 Å². The number of rotatable bonds is 4. The summed E-state index contributed by atoms with van der Waals surface area (Å²) >= 11 is 0. The number of halogens is 3. The number of aryl methyl sites for hydroxylation is 1. The minimum absolute atomic E-state index is 0.234. The van der Waals surface area contributed by atoms with Crippen molar-refractivity contribution in [2.75, 3.05) is 26.0 Å². The number of carbonyl (C=O) groups is 1. The van der Waals surface area contributed by atoms with Gasteiger partial charge in [0.1, 0.15) is 0 Å². The highest BCUT2D eigenvalue weighted by Gasteiger charge is 2.33. The lowest BCUT2D eigenvalue weighted by atomic mass is 10.1. The highest BCUT2D eigenvalue weighted by atomic mass is 19.4. The van der Waals surface area contributed by atoms with E-state index in [1.54, 1.807) is 13.0 Å². The van der Waals surface area contributed by atoms with E-state index < -0.39 is 17.6 Å². The second kappa shape index (κ2) is 6.56. The van der Waals surface area contributed by atoms with Crippen molar-refractivity contribution in [3.05, 3.63) is 41.5 Å². The predicted molar refractivity (Wildman–Crippen MR) is 72.5 cm³/mol. The summed E-state index contributed by atoms with van der Waals surface area (Å²) in [6.45, 7) is 2.10. The van der Waals surface area contributed by atoms with E-state index in [2.05, 4.69) is 5.32 Å². The van der Waals surface area contributed by atoms with Gasteiger partial charge in [-0.1, -0.05) is 17.7 Å². The van der Waals surface area contributed by atoms with E-state index in [4.69, 9.17) is 0 Å². The SMILES string of the molecule is Cc1ccc(NC(=O)C=CCN(C)C)c(C(F)(F)F)c1. The van der Waals surface area contributed by atoms with Crippen LogP contribution in [0.15, 0.2) is 30.4 Å². The summed E-state index contributed by atoms with van der Waals surface area (Å²) in [5.41, 5.74) is -0.590. The maximum Gasteiger partial charge on any atom is 0.418 e. The Morgan fingerprint density at radius 3 is 2.55 bits per heavy atom. The van der Waals surface area contributed by atoms with Crippen molar-refractivity contribution in [3.63, 3.8) is 0 Å². The van der Waals surface area contributed by atoms with Gasteiger partial charge in [0.15, 0.2) is 0 Å². The molecule has 0 heterocycles. The first kappa shape index (κ1) is 16.2. The standard InChI is InChI=1S/C14H17F3N2O/c1-10-6-7-12(11(9-10)14(15,16)17)18-13(20)5-4-8-19(2)3/h4-7,9H,8H2,1-3H3,(H,18,20). The van der Waals surface area contributed by atoms with Crippen LogP contribution < -0.4 is 5.32 Å². The number of nitrogens with one attached hydrogen (secondary N) is 1. The highest BCUT2D eigenvalue weighted by Crippen LogP contribution is 2.35. The van der Waals surface area contributed by atoms with E-state index in [9.17, 15) is 18.0 Å². The third kappa shape index (κ3) is 5.05. The molecule has 3 nitrogen and oxygen atoms in total. The molecule has 1 amide bonds. The first-order valence-corrected chi connectivity index (χ1v) is 6.00. The Morgan fingerprint density at radius 2 is 2.00 bits per heavy atom. The number of nitrogens with zero attached hydrogens (tertiary/aromatic N) is 1. The number of carbonyl (C=O) groups excluding carboxylic acids is 1. The molecule has 0 aromatic heterocycles. The average molecular weight is 286 g/mol. The smallest absolute Gasteiger partial charge is 0.322 e. The molecular weight excluding hydrogens is 269 g/mol. The topological polar surface area (TPSA) is 32.3 Å². The van der Waals surface area contributed by atoms with Crippen LogP contribution in [0.25, 0.3) is 0 Å². The molecule has 0 spiro atoms. The van der Waals surface area contributed by atoms with Gasteiger partial charge in [0, 0.05) is 12.6 Å². The van der Waals surface area contributed by atoms with Gasteiger partial charge in [0.05, 0.1) is 11.3 Å². The van der Waals surface area contributed by atoms with Crippen molar-refractivity contribution in [2.45, 2.75) is 13.1 Å². The molecule has 20 heavy (non-hydrogen) atoms. The molecule has 0 saturated carbocycles. The lowest BCUT2D eigenvalue weighted by Crippen LogP contribution is -2.16. The van der Waals surface area contributed by atoms with Crippen LogP contribution in [0.5, 0.6) is 0 Å². The van der Waals surface area contributed by atoms with Gasteiger partial charge in [-0.05, 0) is 33.2 Å². The first-order valence-electron chi connectivity index (χ1n) is 6.00. The second-order valence-electron chi connectivity index (χ2n) is 4.70. The van der Waals surface area contributed by atoms with Gasteiger partial charge < -0.3 is 10.2 Å². The van der Waals surface area contributed by atoms with Crippen molar-refractivity contribution in [1.29, 1.82) is 0 Å². The molecule has 0 aliphatic rings. The van der Waals surface area contributed by atoms with E-state index in [-0.39, 0.29) is 5.69 Å². The molecule has 1 rings (SSSR count). The summed E-state index contributed by atoms with van der Waals surface area (Å²) in [6, 6.07) is 3.80. The van der Waals surface area contributed by atoms with Crippen molar-refractivity contribution in [1.82, 2.24) is 4.90 Å². The molecule has 6 heteroatoms. The van der Waals surface area contributed by atoms with E-state index in [0.717, 1.165) is 6.07 Å². The average Bonchev–Trinajstić information content (AvgIpc) is 2.29. The zero-order valence-electron chi connectivity index (χ0n) is 11.6. The fraction of sp³-hybridized carbons (Fsp3) is 0.357. The van der Waals surface area contributed by atoms with Crippen molar-refractivity contribution < 1.29 is 18.0 Å². The third-order valence-corrected chi connectivity index (χ3v) is 2.48. The van der Waals surface area contributed by atoms with Crippen LogP contribution in [-0.2, 0) is 11.0 Å². The molecular formula is C14H17F3N2O. The summed E-state index contributed by atoms with van der Waals surface area (Å²) in [6.07, 6.45) is -1.70. The van der Waals surface area contributed by atoms with Gasteiger partial charge in [-0.3, -0.25) is 4.79 Å². The third-order valence-electron chi connectivity index (χ3n) is 2.48. The summed E-state index contributed by atoms with van der Waals surface area (Å²) < 4.78 is 38.6. The largest absolute Gasteiger partial charge is 0.418 e. The Balaban J connectivity index is 2.87. The van der Waals surface area contributed by atoms with Crippen LogP contribution >= 0.6 is 0 Å². The van der Waals surface area contributed by atoms with Gasteiger partial charge in [-0.15, -0.1) is 0 Å². The lowest BCUT2D eigenvalue weighted by molar-refractivity contribution is -0.137. The van der Waals surface area contributed by atoms with Crippen molar-refractivity contribution in [2.24, 2.45) is 0 Å². The van der Waals surface area contributed by atoms with E-state index in [1.165, 1.54) is 18.2 Å². The van der Waals surface area contributed by atoms with Crippen LogP contribution in [-0.4, -0.2) is 31.4 Å². The van der Waals surface area contributed by atoms with Crippen LogP contribution in [0.1, 0.15) is 11.1 Å². The summed E-state index contributed by atoms with van der Waals surface area (Å²) in [5.74, 6) is -0.582. The number of amides is 1. The number of anilines is 1. The number of benzene rings is 1. The summed E-state index contributed by atoms with van der Waals surface area (Å²) in [5, 5.41) is 2.25. The predicted octanol–water partition coefficient (Wildman–Crippen LogP) is 3.07. The van der Waals surface area contributed by atoms with Crippen LogP contribution in [0.3, 0.4) is 0 Å². The molecule has 0 aliphatic heterocycles. The number of hydrogen-bond donors (Lipinski definition) is 1. The molecule has 1 aromatic carbocycles. The molecule has 0 radical (unpaired) electrons. The Labute approximate surface area is 116 Å². The summed E-state index contributed by atoms with van der Waals surface area (Å²) in [7, 11) is 3.65. The summed E-state index contributed by atoms with van der Waals surface area (Å²) in [4.78, 5) is 13.4. The van der Waals surface area contributed by atoms with Gasteiger partial charge in [0.2, 0.25) is 5.91 Å². The molecule has 0 bridgehead atoms. The minimum atomic E-state index is -4.50. The normalized spacial score (nSPS) is 12.2. The van der Waals surface area contributed by atoms with Crippen molar-refractivity contribution >= 4 is 11.6 Å². The van der Waals surface area contributed by atoms with Gasteiger partial charge >= 0.3 is 6.18 Å². The fourth-order valence-corrected chi connectivity index (χ4v) is 1.55. The zero-order valence-corrected chi connectivity index (χ0v) is 11.6. The number of likely N-dealkylation sites (N-methyl/N-ethyl adjacent to an activating group) is 1. The maximum atomic E-state index is 12.9. The van der Waals surface area contributed by atoms with Gasteiger partial charge in [-0.2, -0.15) is 13.2 Å². The van der Waals surface area contributed by atoms with Crippen LogP contribution in [0.2, 0.25) is 0 Å². The Morgan fingerprint density at radius 1 is 1.35 bits per heavy atom. The zero-order chi connectivity index (χ0) is 15.3. The Bertz CT molecular complexity index is 508. The van der Waals surface area contributed by atoms with Crippen LogP contribution in [0, 0.1) is 6.92 Å². The van der Waals surface area contributed by atoms with E-state index in [1.807, 2.05) is 19.0 Å². The quantitative estimate of drug-likeness (QED) is 0.863. The van der Waals surface area contributed by atoms with Crippen LogP contribution in [0.4, 0.5) is 18.9 Å². The van der Waals surface area contributed by atoms with Gasteiger partial charge in [0.25, 0.3) is 0 Å². The minimum Gasteiger partial charge on any atom is -0.322 e.